The van der Waals surface area contributed by atoms with Crippen molar-refractivity contribution >= 4 is 23.8 Å². The van der Waals surface area contributed by atoms with E-state index < -0.39 is 11.9 Å². The van der Waals surface area contributed by atoms with E-state index in [9.17, 15) is 19.2 Å². The highest BCUT2D eigenvalue weighted by molar-refractivity contribution is 6.05. The third kappa shape index (κ3) is 4.17. The molecule has 0 radical (unpaired) electrons. The maximum atomic E-state index is 12.8. The number of urea groups is 1. The van der Waals surface area contributed by atoms with Gasteiger partial charge in [0.1, 0.15) is 6.04 Å². The van der Waals surface area contributed by atoms with Crippen LogP contribution in [0.1, 0.15) is 61.0 Å². The highest BCUT2D eigenvalue weighted by atomic mass is 16.2. The Balaban J connectivity index is 1.30. The molecule has 1 aromatic rings. The van der Waals surface area contributed by atoms with Gasteiger partial charge in [0.2, 0.25) is 11.8 Å². The molecule has 4 rings (SSSR count). The van der Waals surface area contributed by atoms with Crippen LogP contribution in [0.2, 0.25) is 0 Å². The van der Waals surface area contributed by atoms with Crippen molar-refractivity contribution in [3.8, 4) is 0 Å². The summed E-state index contributed by atoms with van der Waals surface area (Å²) in [5.41, 5.74) is 2.62. The molecule has 8 heteroatoms. The lowest BCUT2D eigenvalue weighted by Gasteiger charge is -2.42. The molecule has 1 saturated heterocycles. The minimum Gasteiger partial charge on any atom is -0.338 e. The molecule has 8 nitrogen and oxygen atoms in total. The SMILES string of the molecule is CC1(C)CC(CNC(=O)NCc2ccc3c(c2)C(=O)N(C2CCC(=O)NC2=O)C3)C1. The molecular formula is C22H28N4O4. The molecule has 0 bridgehead atoms. The van der Waals surface area contributed by atoms with Crippen molar-refractivity contribution < 1.29 is 19.2 Å². The van der Waals surface area contributed by atoms with E-state index in [4.69, 9.17) is 0 Å². The summed E-state index contributed by atoms with van der Waals surface area (Å²) in [4.78, 5) is 49.9. The maximum absolute atomic E-state index is 12.8. The molecule has 5 amide bonds. The Morgan fingerprint density at radius 1 is 1.20 bits per heavy atom. The van der Waals surface area contributed by atoms with Gasteiger partial charge in [-0.2, -0.15) is 0 Å². The van der Waals surface area contributed by atoms with Crippen LogP contribution in [0.25, 0.3) is 0 Å². The zero-order valence-electron chi connectivity index (χ0n) is 17.4. The van der Waals surface area contributed by atoms with Crippen LogP contribution in [0, 0.1) is 11.3 Å². The van der Waals surface area contributed by atoms with E-state index in [-0.39, 0.29) is 24.3 Å². The fraction of sp³-hybridized carbons (Fsp3) is 0.545. The predicted octanol–water partition coefficient (Wildman–Crippen LogP) is 1.68. The third-order valence-electron chi connectivity index (χ3n) is 6.28. The molecule has 2 aliphatic heterocycles. The number of nitrogens with one attached hydrogen (secondary N) is 3. The second-order valence-electron chi connectivity index (χ2n) is 9.39. The van der Waals surface area contributed by atoms with E-state index in [1.165, 1.54) is 4.90 Å². The van der Waals surface area contributed by atoms with Crippen LogP contribution >= 0.6 is 0 Å². The summed E-state index contributed by atoms with van der Waals surface area (Å²) < 4.78 is 0. The van der Waals surface area contributed by atoms with Gasteiger partial charge < -0.3 is 15.5 Å². The number of imide groups is 1. The Morgan fingerprint density at radius 2 is 1.97 bits per heavy atom. The molecule has 0 aromatic heterocycles. The predicted molar refractivity (Wildman–Crippen MR) is 109 cm³/mol. The Bertz CT molecular complexity index is 902. The van der Waals surface area contributed by atoms with Crippen LogP contribution in [-0.4, -0.2) is 41.2 Å². The highest BCUT2D eigenvalue weighted by Crippen LogP contribution is 2.44. The van der Waals surface area contributed by atoms with Gasteiger partial charge in [0.25, 0.3) is 5.91 Å². The van der Waals surface area contributed by atoms with Crippen molar-refractivity contribution in [2.45, 2.75) is 58.7 Å². The second-order valence-corrected chi connectivity index (χ2v) is 9.39. The molecular weight excluding hydrogens is 384 g/mol. The van der Waals surface area contributed by atoms with Crippen LogP contribution < -0.4 is 16.0 Å². The summed E-state index contributed by atoms with van der Waals surface area (Å²) in [5.74, 6) is -0.381. The number of rotatable bonds is 5. The molecule has 0 spiro atoms. The van der Waals surface area contributed by atoms with Crippen molar-refractivity contribution in [3.63, 3.8) is 0 Å². The van der Waals surface area contributed by atoms with Crippen molar-refractivity contribution in [2.75, 3.05) is 6.54 Å². The largest absolute Gasteiger partial charge is 0.338 e. The number of benzene rings is 1. The smallest absolute Gasteiger partial charge is 0.315 e. The van der Waals surface area contributed by atoms with Crippen molar-refractivity contribution in [3.05, 3.63) is 34.9 Å². The first-order valence-corrected chi connectivity index (χ1v) is 10.5. The van der Waals surface area contributed by atoms with Crippen molar-refractivity contribution in [1.29, 1.82) is 0 Å². The standard InChI is InChI=1S/C22H28N4O4/c1-22(2)8-14(9-22)11-24-21(30)23-10-13-3-4-15-12-26(20(29)16(15)7-13)17-5-6-18(27)25-19(17)28/h3-4,7,14,17H,5-6,8-12H2,1-2H3,(H2,23,24,30)(H,25,27,28). The molecule has 1 atom stereocenters. The van der Waals surface area contributed by atoms with Gasteiger partial charge in [-0.1, -0.05) is 26.0 Å². The van der Waals surface area contributed by atoms with Gasteiger partial charge >= 0.3 is 6.03 Å². The Hall–Kier alpha value is -2.90. The van der Waals surface area contributed by atoms with Crippen LogP contribution in [0.5, 0.6) is 0 Å². The topological polar surface area (TPSA) is 108 Å². The highest BCUT2D eigenvalue weighted by Gasteiger charge is 2.39. The average molecular weight is 412 g/mol. The normalized spacial score (nSPS) is 22.9. The van der Waals surface area contributed by atoms with Gasteiger partial charge in [0.15, 0.2) is 0 Å². The number of carbonyl (C=O) groups excluding carboxylic acids is 4. The summed E-state index contributed by atoms with van der Waals surface area (Å²) in [5, 5.41) is 8.06. The molecule has 3 N–H and O–H groups in total. The fourth-order valence-corrected chi connectivity index (χ4v) is 4.84. The van der Waals surface area contributed by atoms with Gasteiger partial charge in [0.05, 0.1) is 0 Å². The molecule has 2 fully saturated rings. The molecule has 1 aliphatic carbocycles. The summed E-state index contributed by atoms with van der Waals surface area (Å²) in [6.07, 6.45) is 2.84. The first-order chi connectivity index (χ1) is 14.2. The minimum atomic E-state index is -0.619. The number of amides is 5. The summed E-state index contributed by atoms with van der Waals surface area (Å²) in [6.45, 7) is 5.83. The van der Waals surface area contributed by atoms with Gasteiger partial charge in [-0.15, -0.1) is 0 Å². The third-order valence-corrected chi connectivity index (χ3v) is 6.28. The Labute approximate surface area is 175 Å². The van der Waals surface area contributed by atoms with E-state index in [1.54, 1.807) is 6.07 Å². The van der Waals surface area contributed by atoms with E-state index in [1.807, 2.05) is 12.1 Å². The van der Waals surface area contributed by atoms with Crippen molar-refractivity contribution in [1.82, 2.24) is 20.9 Å². The lowest BCUT2D eigenvalue weighted by molar-refractivity contribution is -0.136. The van der Waals surface area contributed by atoms with Gasteiger partial charge in [-0.25, -0.2) is 4.79 Å². The molecule has 30 heavy (non-hydrogen) atoms. The van der Waals surface area contributed by atoms with Crippen LogP contribution in [-0.2, 0) is 22.7 Å². The Morgan fingerprint density at radius 3 is 2.67 bits per heavy atom. The minimum absolute atomic E-state index is 0.210. The second kappa shape index (κ2) is 7.74. The van der Waals surface area contributed by atoms with Crippen LogP contribution in [0.4, 0.5) is 4.79 Å². The van der Waals surface area contributed by atoms with Gasteiger partial charge in [-0.05, 0) is 47.8 Å². The molecule has 2 heterocycles. The van der Waals surface area contributed by atoms with E-state index >= 15 is 0 Å². The zero-order chi connectivity index (χ0) is 21.5. The maximum Gasteiger partial charge on any atom is 0.315 e. The van der Waals surface area contributed by atoms with E-state index in [0.717, 1.165) is 24.0 Å². The van der Waals surface area contributed by atoms with Crippen LogP contribution in [0.15, 0.2) is 18.2 Å². The molecule has 1 saturated carbocycles. The molecule has 3 aliphatic rings. The van der Waals surface area contributed by atoms with Gasteiger partial charge in [0, 0.05) is 31.6 Å². The summed E-state index contributed by atoms with van der Waals surface area (Å²) in [6, 6.07) is 4.69. The molecule has 1 unspecified atom stereocenters. The number of carbonyl (C=O) groups is 4. The molecule has 1 aromatic carbocycles. The first-order valence-electron chi connectivity index (χ1n) is 10.5. The number of hydrogen-bond acceptors (Lipinski definition) is 4. The lowest BCUT2D eigenvalue weighted by Crippen LogP contribution is -2.52. The van der Waals surface area contributed by atoms with Gasteiger partial charge in [-0.3, -0.25) is 19.7 Å². The zero-order valence-corrected chi connectivity index (χ0v) is 17.4. The number of nitrogens with zero attached hydrogens (tertiary/aromatic N) is 1. The Kier molecular flexibility index (Phi) is 5.26. The lowest BCUT2D eigenvalue weighted by atomic mass is 9.64. The molecule has 160 valence electrons. The summed E-state index contributed by atoms with van der Waals surface area (Å²) >= 11 is 0. The van der Waals surface area contributed by atoms with E-state index in [2.05, 4.69) is 29.8 Å². The fourth-order valence-electron chi connectivity index (χ4n) is 4.84. The van der Waals surface area contributed by atoms with E-state index in [0.29, 0.717) is 43.0 Å². The number of fused-ring (bicyclic) bond motifs is 1. The average Bonchev–Trinajstić information content (AvgIpc) is 2.99. The monoisotopic (exact) mass is 412 g/mol. The number of hydrogen-bond donors (Lipinski definition) is 3. The quantitative estimate of drug-likeness (QED) is 0.640. The first kappa shape index (κ1) is 20.4. The summed E-state index contributed by atoms with van der Waals surface area (Å²) in [7, 11) is 0. The number of piperidine rings is 1. The van der Waals surface area contributed by atoms with Crippen LogP contribution in [0.3, 0.4) is 0 Å². The van der Waals surface area contributed by atoms with Crippen molar-refractivity contribution in [2.24, 2.45) is 11.3 Å².